The molecule has 0 bridgehead atoms. The highest BCUT2D eigenvalue weighted by molar-refractivity contribution is 9.10. The van der Waals surface area contributed by atoms with Crippen LogP contribution in [0.5, 0.6) is 0 Å². The third-order valence-corrected chi connectivity index (χ3v) is 4.85. The van der Waals surface area contributed by atoms with Gasteiger partial charge >= 0.3 is 6.18 Å². The summed E-state index contributed by atoms with van der Waals surface area (Å²) >= 11 is 9.55. The van der Waals surface area contributed by atoms with E-state index in [0.717, 1.165) is 27.6 Å². The third kappa shape index (κ3) is 4.06. The number of nitrogens with zero attached hydrogens (tertiary/aromatic N) is 4. The van der Waals surface area contributed by atoms with Crippen LogP contribution in [0.2, 0.25) is 5.28 Å². The molecule has 0 radical (unpaired) electrons. The van der Waals surface area contributed by atoms with E-state index >= 15 is 0 Å². The zero-order chi connectivity index (χ0) is 20.8. The maximum atomic E-state index is 12.7. The first-order chi connectivity index (χ1) is 13.7. The molecule has 0 atom stereocenters. The Bertz CT molecular complexity index is 1210. The Morgan fingerprint density at radius 3 is 2.41 bits per heavy atom. The van der Waals surface area contributed by atoms with Gasteiger partial charge in [0.15, 0.2) is 0 Å². The van der Waals surface area contributed by atoms with Crippen LogP contribution in [0.1, 0.15) is 11.4 Å². The lowest BCUT2D eigenvalue weighted by Gasteiger charge is -2.11. The van der Waals surface area contributed by atoms with Crippen molar-refractivity contribution in [3.63, 3.8) is 0 Å². The zero-order valence-corrected chi connectivity index (χ0v) is 17.1. The van der Waals surface area contributed by atoms with E-state index in [1.54, 1.807) is 6.07 Å². The Labute approximate surface area is 176 Å². The molecule has 2 heterocycles. The Hall–Kier alpha value is -2.65. The van der Waals surface area contributed by atoms with Gasteiger partial charge in [0, 0.05) is 16.2 Å². The SMILES string of the molecule is Cc1nc2ccc(Br)cc2n1-c1cc(Nc2ccc(C(F)(F)F)cc2)nc(Cl)n1. The smallest absolute Gasteiger partial charge is 0.340 e. The molecule has 2 aromatic heterocycles. The molecular weight excluding hydrogens is 471 g/mol. The molecule has 0 saturated heterocycles. The topological polar surface area (TPSA) is 55.6 Å². The van der Waals surface area contributed by atoms with Crippen LogP contribution in [-0.2, 0) is 6.18 Å². The summed E-state index contributed by atoms with van der Waals surface area (Å²) in [4.78, 5) is 12.9. The molecule has 0 aliphatic heterocycles. The van der Waals surface area contributed by atoms with Crippen molar-refractivity contribution in [3.05, 3.63) is 69.7 Å². The van der Waals surface area contributed by atoms with Crippen molar-refractivity contribution in [3.8, 4) is 5.82 Å². The van der Waals surface area contributed by atoms with E-state index in [4.69, 9.17) is 11.6 Å². The standard InChI is InChI=1S/C19H12BrClF3N5/c1-10-25-14-7-4-12(20)8-15(14)29(10)17-9-16(27-18(21)28-17)26-13-5-2-11(3-6-13)19(22,23)24/h2-9H,1H3,(H,26,27,28). The highest BCUT2D eigenvalue weighted by atomic mass is 79.9. The number of rotatable bonds is 3. The van der Waals surface area contributed by atoms with Gasteiger partial charge in [-0.05, 0) is 61.0 Å². The second kappa shape index (κ2) is 7.31. The van der Waals surface area contributed by atoms with E-state index in [-0.39, 0.29) is 5.28 Å². The lowest BCUT2D eigenvalue weighted by molar-refractivity contribution is -0.137. The van der Waals surface area contributed by atoms with Gasteiger partial charge in [0.2, 0.25) is 5.28 Å². The Kier molecular flexibility index (Phi) is 4.95. The number of halogens is 5. The Balaban J connectivity index is 1.72. The average molecular weight is 483 g/mol. The Morgan fingerprint density at radius 1 is 1.00 bits per heavy atom. The normalized spacial score (nSPS) is 11.8. The highest BCUT2D eigenvalue weighted by Gasteiger charge is 2.29. The zero-order valence-electron chi connectivity index (χ0n) is 14.8. The summed E-state index contributed by atoms with van der Waals surface area (Å²) in [6.07, 6.45) is -4.39. The monoisotopic (exact) mass is 481 g/mol. The Morgan fingerprint density at radius 2 is 1.72 bits per heavy atom. The van der Waals surface area contributed by atoms with Gasteiger partial charge in [-0.15, -0.1) is 0 Å². The molecule has 4 aromatic rings. The van der Waals surface area contributed by atoms with Gasteiger partial charge in [-0.2, -0.15) is 18.2 Å². The van der Waals surface area contributed by atoms with E-state index in [2.05, 4.69) is 36.2 Å². The predicted octanol–water partition coefficient (Wildman–Crippen LogP) is 6.30. The summed E-state index contributed by atoms with van der Waals surface area (Å²) in [6.45, 7) is 1.84. The summed E-state index contributed by atoms with van der Waals surface area (Å²) in [6, 6.07) is 12.0. The van der Waals surface area contributed by atoms with Crippen LogP contribution in [0, 0.1) is 6.92 Å². The van der Waals surface area contributed by atoms with Crippen LogP contribution >= 0.6 is 27.5 Å². The minimum absolute atomic E-state index is 0.00633. The number of hydrogen-bond acceptors (Lipinski definition) is 4. The van der Waals surface area contributed by atoms with E-state index in [9.17, 15) is 13.2 Å². The second-order valence-corrected chi connectivity index (χ2v) is 7.46. The summed E-state index contributed by atoms with van der Waals surface area (Å²) < 4.78 is 40.9. The van der Waals surface area contributed by atoms with Crippen molar-refractivity contribution < 1.29 is 13.2 Å². The molecule has 0 spiro atoms. The third-order valence-electron chi connectivity index (χ3n) is 4.18. The van der Waals surface area contributed by atoms with Crippen LogP contribution in [0.25, 0.3) is 16.9 Å². The van der Waals surface area contributed by atoms with Crippen LogP contribution in [-0.4, -0.2) is 19.5 Å². The van der Waals surface area contributed by atoms with Gasteiger partial charge in [0.1, 0.15) is 17.5 Å². The van der Waals surface area contributed by atoms with Crippen molar-refractivity contribution >= 4 is 50.1 Å². The first-order valence-electron chi connectivity index (χ1n) is 8.34. The van der Waals surface area contributed by atoms with Crippen molar-refractivity contribution in [2.24, 2.45) is 0 Å². The molecule has 2 aromatic carbocycles. The first kappa shape index (κ1) is 19.7. The fourth-order valence-electron chi connectivity index (χ4n) is 2.93. The molecule has 0 saturated carbocycles. The maximum absolute atomic E-state index is 12.7. The van der Waals surface area contributed by atoms with E-state index < -0.39 is 11.7 Å². The van der Waals surface area contributed by atoms with Crippen molar-refractivity contribution in [1.29, 1.82) is 0 Å². The average Bonchev–Trinajstić information content (AvgIpc) is 2.96. The van der Waals surface area contributed by atoms with Crippen LogP contribution < -0.4 is 5.32 Å². The van der Waals surface area contributed by atoms with Gasteiger partial charge in [-0.25, -0.2) is 9.97 Å². The minimum Gasteiger partial charge on any atom is -0.340 e. The number of anilines is 2. The molecular formula is C19H12BrClF3N5. The molecule has 148 valence electrons. The van der Waals surface area contributed by atoms with Crippen molar-refractivity contribution in [1.82, 2.24) is 19.5 Å². The van der Waals surface area contributed by atoms with Gasteiger partial charge in [-0.1, -0.05) is 15.9 Å². The molecule has 0 fully saturated rings. The van der Waals surface area contributed by atoms with Crippen LogP contribution in [0.4, 0.5) is 24.7 Å². The van der Waals surface area contributed by atoms with Gasteiger partial charge in [0.25, 0.3) is 0 Å². The number of aromatic nitrogens is 4. The predicted molar refractivity (Wildman–Crippen MR) is 109 cm³/mol. The highest BCUT2D eigenvalue weighted by Crippen LogP contribution is 2.31. The molecule has 0 aliphatic rings. The van der Waals surface area contributed by atoms with Gasteiger partial charge in [0.05, 0.1) is 16.6 Å². The molecule has 0 aliphatic carbocycles. The second-order valence-electron chi connectivity index (χ2n) is 6.21. The quantitative estimate of drug-likeness (QED) is 0.348. The molecule has 0 amide bonds. The molecule has 4 rings (SSSR count). The molecule has 1 N–H and O–H groups in total. The molecule has 29 heavy (non-hydrogen) atoms. The minimum atomic E-state index is -4.39. The van der Waals surface area contributed by atoms with Gasteiger partial charge in [-0.3, -0.25) is 4.57 Å². The lowest BCUT2D eigenvalue weighted by atomic mass is 10.2. The largest absolute Gasteiger partial charge is 0.416 e. The van der Waals surface area contributed by atoms with E-state index in [1.165, 1.54) is 12.1 Å². The molecule has 5 nitrogen and oxygen atoms in total. The van der Waals surface area contributed by atoms with E-state index in [1.807, 2.05) is 29.7 Å². The lowest BCUT2D eigenvalue weighted by Crippen LogP contribution is -2.05. The van der Waals surface area contributed by atoms with Gasteiger partial charge < -0.3 is 5.32 Å². The van der Waals surface area contributed by atoms with E-state index in [0.29, 0.717) is 23.1 Å². The van der Waals surface area contributed by atoms with Crippen molar-refractivity contribution in [2.45, 2.75) is 13.1 Å². The molecule has 0 unspecified atom stereocenters. The fraction of sp³-hybridized carbons (Fsp3) is 0.105. The summed E-state index contributed by atoms with van der Waals surface area (Å²) in [5, 5.41) is 2.95. The maximum Gasteiger partial charge on any atom is 0.416 e. The summed E-state index contributed by atoms with van der Waals surface area (Å²) in [7, 11) is 0. The van der Waals surface area contributed by atoms with Crippen LogP contribution in [0.15, 0.2) is 53.0 Å². The number of aryl methyl sites for hydroxylation is 1. The van der Waals surface area contributed by atoms with Crippen LogP contribution in [0.3, 0.4) is 0 Å². The molecule has 10 heteroatoms. The first-order valence-corrected chi connectivity index (χ1v) is 9.52. The number of nitrogens with one attached hydrogen (secondary N) is 1. The summed E-state index contributed by atoms with van der Waals surface area (Å²) in [5.41, 5.74) is 1.33. The number of imidazole rings is 1. The number of benzene rings is 2. The number of alkyl halides is 3. The number of fused-ring (bicyclic) bond motifs is 1. The fourth-order valence-corrected chi connectivity index (χ4v) is 3.46. The summed E-state index contributed by atoms with van der Waals surface area (Å²) in [5.74, 6) is 1.53. The van der Waals surface area contributed by atoms with Crippen molar-refractivity contribution in [2.75, 3.05) is 5.32 Å². The number of hydrogen-bond donors (Lipinski definition) is 1.